The zero-order valence-corrected chi connectivity index (χ0v) is 21.2. The highest BCUT2D eigenvalue weighted by Gasteiger charge is 2.22. The van der Waals surface area contributed by atoms with E-state index in [2.05, 4.69) is 37.3 Å². The zero-order valence-electron chi connectivity index (χ0n) is 20.4. The first-order chi connectivity index (χ1) is 17.0. The summed E-state index contributed by atoms with van der Waals surface area (Å²) in [7, 11) is 1.65. The van der Waals surface area contributed by atoms with Crippen LogP contribution in [0, 0.1) is 0 Å². The minimum Gasteiger partial charge on any atom is -0.497 e. The summed E-state index contributed by atoms with van der Waals surface area (Å²) in [6.45, 7) is 6.61. The molecule has 9 heteroatoms. The van der Waals surface area contributed by atoms with E-state index in [9.17, 15) is 4.79 Å². The van der Waals surface area contributed by atoms with Gasteiger partial charge in [0.2, 0.25) is 5.91 Å². The fraction of sp³-hybridized carbons (Fsp3) is 0.308. The van der Waals surface area contributed by atoms with Gasteiger partial charge in [0, 0.05) is 24.2 Å². The van der Waals surface area contributed by atoms with Gasteiger partial charge in [0.15, 0.2) is 11.0 Å². The Morgan fingerprint density at radius 3 is 2.46 bits per heavy atom. The molecule has 1 amide bonds. The lowest BCUT2D eigenvalue weighted by Crippen LogP contribution is -2.25. The third kappa shape index (κ3) is 5.92. The number of aryl methyl sites for hydroxylation is 1. The average Bonchev–Trinajstić information content (AvgIpc) is 3.50. The van der Waals surface area contributed by atoms with Crippen molar-refractivity contribution in [1.82, 2.24) is 24.5 Å². The molecule has 0 spiro atoms. The van der Waals surface area contributed by atoms with Crippen LogP contribution in [0.25, 0.3) is 11.4 Å². The topological polar surface area (TPSA) is 86.9 Å². The molecule has 4 rings (SSSR count). The van der Waals surface area contributed by atoms with Crippen molar-refractivity contribution in [3.63, 3.8) is 0 Å². The fourth-order valence-corrected chi connectivity index (χ4v) is 4.56. The van der Waals surface area contributed by atoms with Crippen molar-refractivity contribution in [1.29, 1.82) is 0 Å². The number of carbonyl (C=O) groups excluding carboxylic acids is 1. The summed E-state index contributed by atoms with van der Waals surface area (Å²) >= 11 is 1.40. The summed E-state index contributed by atoms with van der Waals surface area (Å²) in [4.78, 5) is 13.0. The van der Waals surface area contributed by atoms with Crippen LogP contribution in [0.5, 0.6) is 5.75 Å². The van der Waals surface area contributed by atoms with E-state index in [4.69, 9.17) is 4.74 Å². The third-order valence-corrected chi connectivity index (χ3v) is 6.67. The van der Waals surface area contributed by atoms with Gasteiger partial charge in [0.05, 0.1) is 18.6 Å². The Morgan fingerprint density at radius 2 is 1.77 bits per heavy atom. The molecule has 1 N–H and O–H groups in total. The summed E-state index contributed by atoms with van der Waals surface area (Å²) in [5.74, 6) is 2.11. The number of benzene rings is 2. The van der Waals surface area contributed by atoms with Gasteiger partial charge in [0.25, 0.3) is 0 Å². The first-order valence-electron chi connectivity index (χ1n) is 11.6. The third-order valence-electron chi connectivity index (χ3n) is 5.59. The molecule has 1 atom stereocenters. The molecular formula is C26H30N6O2S. The lowest BCUT2D eigenvalue weighted by molar-refractivity contribution is -0.115. The summed E-state index contributed by atoms with van der Waals surface area (Å²) in [6.07, 6.45) is 2.51. The maximum absolute atomic E-state index is 13.0. The Balaban J connectivity index is 1.56. The molecule has 0 fully saturated rings. The number of methoxy groups -OCH3 is 1. The lowest BCUT2D eigenvalue weighted by Gasteiger charge is -2.16. The maximum Gasteiger partial charge on any atom is 0.238 e. The molecule has 1 unspecified atom stereocenters. The van der Waals surface area contributed by atoms with Crippen LogP contribution in [-0.2, 0) is 17.8 Å². The van der Waals surface area contributed by atoms with Crippen molar-refractivity contribution in [3.05, 3.63) is 72.4 Å². The van der Waals surface area contributed by atoms with Crippen LogP contribution in [0.15, 0.2) is 72.0 Å². The molecule has 0 radical (unpaired) electrons. The predicted octanol–water partition coefficient (Wildman–Crippen LogP) is 5.09. The minimum atomic E-state index is -0.381. The summed E-state index contributed by atoms with van der Waals surface area (Å²) < 4.78 is 9.17. The number of anilines is 1. The molecule has 2 heterocycles. The lowest BCUT2D eigenvalue weighted by atomic mass is 10.1. The number of hydrogen-bond acceptors (Lipinski definition) is 6. The van der Waals surface area contributed by atoms with Crippen LogP contribution in [-0.4, -0.2) is 42.8 Å². The van der Waals surface area contributed by atoms with Gasteiger partial charge in [-0.05, 0) is 57.0 Å². The first kappa shape index (κ1) is 24.5. The van der Waals surface area contributed by atoms with E-state index in [0.717, 1.165) is 23.6 Å². The smallest absolute Gasteiger partial charge is 0.238 e. The number of amides is 1. The van der Waals surface area contributed by atoms with Crippen molar-refractivity contribution in [2.75, 3.05) is 12.4 Å². The number of carbonyl (C=O) groups is 1. The number of ether oxygens (including phenoxy) is 1. The van der Waals surface area contributed by atoms with E-state index in [-0.39, 0.29) is 17.2 Å². The Kier molecular flexibility index (Phi) is 7.87. The van der Waals surface area contributed by atoms with E-state index in [1.54, 1.807) is 24.1 Å². The van der Waals surface area contributed by atoms with Crippen LogP contribution in [0.2, 0.25) is 0 Å². The van der Waals surface area contributed by atoms with E-state index < -0.39 is 0 Å². The molecule has 2 aromatic carbocycles. The molecule has 182 valence electrons. The fourth-order valence-electron chi connectivity index (χ4n) is 3.68. The molecule has 0 aliphatic rings. The Labute approximate surface area is 209 Å². The zero-order chi connectivity index (χ0) is 24.8. The Hall–Kier alpha value is -3.59. The molecule has 0 aliphatic carbocycles. The average molecular weight is 491 g/mol. The van der Waals surface area contributed by atoms with Gasteiger partial charge in [-0.15, -0.1) is 10.2 Å². The summed E-state index contributed by atoms with van der Waals surface area (Å²) in [5, 5.41) is 16.5. The molecule has 0 aliphatic heterocycles. The second-order valence-corrected chi connectivity index (χ2v) is 9.73. The molecule has 0 saturated carbocycles. The van der Waals surface area contributed by atoms with Crippen molar-refractivity contribution in [2.45, 2.75) is 50.2 Å². The monoisotopic (exact) mass is 490 g/mol. The quantitative estimate of drug-likeness (QED) is 0.312. The normalized spacial score (nSPS) is 12.0. The van der Waals surface area contributed by atoms with Gasteiger partial charge in [-0.2, -0.15) is 5.10 Å². The van der Waals surface area contributed by atoms with Crippen LogP contribution in [0.4, 0.5) is 5.82 Å². The van der Waals surface area contributed by atoms with Gasteiger partial charge in [-0.3, -0.25) is 4.79 Å². The van der Waals surface area contributed by atoms with Crippen LogP contribution < -0.4 is 10.1 Å². The van der Waals surface area contributed by atoms with E-state index in [0.29, 0.717) is 17.5 Å². The van der Waals surface area contributed by atoms with Crippen molar-refractivity contribution in [2.24, 2.45) is 0 Å². The van der Waals surface area contributed by atoms with Gasteiger partial charge in [-0.25, -0.2) is 4.68 Å². The Morgan fingerprint density at radius 1 is 1.03 bits per heavy atom. The number of thioether (sulfide) groups is 1. The van der Waals surface area contributed by atoms with Crippen LogP contribution in [0.3, 0.4) is 0 Å². The highest BCUT2D eigenvalue weighted by atomic mass is 32.2. The molecule has 0 bridgehead atoms. The van der Waals surface area contributed by atoms with Crippen molar-refractivity contribution < 1.29 is 9.53 Å². The molecule has 4 aromatic rings. The number of aromatic nitrogens is 5. The summed E-state index contributed by atoms with van der Waals surface area (Å²) in [6, 6.07) is 20.0. The van der Waals surface area contributed by atoms with E-state index >= 15 is 0 Å². The predicted molar refractivity (Wildman–Crippen MR) is 139 cm³/mol. The maximum atomic E-state index is 13.0. The molecule has 8 nitrogen and oxygen atoms in total. The second-order valence-electron chi connectivity index (χ2n) is 8.43. The first-order valence-corrected chi connectivity index (χ1v) is 12.5. The second kappa shape index (κ2) is 11.2. The van der Waals surface area contributed by atoms with Gasteiger partial charge in [0.1, 0.15) is 11.6 Å². The van der Waals surface area contributed by atoms with Gasteiger partial charge >= 0.3 is 0 Å². The molecular weight excluding hydrogens is 460 g/mol. The number of nitrogens with zero attached hydrogens (tertiary/aromatic N) is 5. The van der Waals surface area contributed by atoms with E-state index in [1.165, 1.54) is 17.3 Å². The molecule has 35 heavy (non-hydrogen) atoms. The van der Waals surface area contributed by atoms with Gasteiger partial charge in [-0.1, -0.05) is 42.1 Å². The molecule has 0 saturated heterocycles. The molecule has 2 aromatic heterocycles. The van der Waals surface area contributed by atoms with E-state index in [1.807, 2.05) is 63.2 Å². The largest absolute Gasteiger partial charge is 0.497 e. The van der Waals surface area contributed by atoms with Crippen molar-refractivity contribution >= 4 is 23.5 Å². The van der Waals surface area contributed by atoms with Crippen LogP contribution >= 0.6 is 11.8 Å². The number of rotatable bonds is 10. The minimum absolute atomic E-state index is 0.110. The van der Waals surface area contributed by atoms with Crippen LogP contribution in [0.1, 0.15) is 32.4 Å². The Bertz CT molecular complexity index is 1250. The highest BCUT2D eigenvalue weighted by Crippen LogP contribution is 2.29. The SMILES string of the molecule is COc1ccc(-c2nnc(SC(C)C(=O)Nc3ccnn3C(C)C)n2CCc2ccccc2)cc1. The standard InChI is InChI=1S/C26H30N6O2S/c1-18(2)32-23(14-16-27-32)28-25(33)19(3)35-26-30-29-24(21-10-12-22(34-4)13-11-21)31(26)17-15-20-8-6-5-7-9-20/h5-14,16,18-19H,15,17H2,1-4H3,(H,28,33). The number of hydrogen-bond donors (Lipinski definition) is 1. The number of nitrogens with one attached hydrogen (secondary N) is 1. The van der Waals surface area contributed by atoms with Crippen molar-refractivity contribution in [3.8, 4) is 17.1 Å². The summed E-state index contributed by atoms with van der Waals surface area (Å²) in [5.41, 5.74) is 2.17. The highest BCUT2D eigenvalue weighted by molar-refractivity contribution is 8.00. The van der Waals surface area contributed by atoms with Gasteiger partial charge < -0.3 is 14.6 Å².